The van der Waals surface area contributed by atoms with Gasteiger partial charge in [-0.2, -0.15) is 0 Å². The van der Waals surface area contributed by atoms with Crippen molar-refractivity contribution in [1.29, 1.82) is 0 Å². The molecule has 2 atom stereocenters. The van der Waals surface area contributed by atoms with Gasteiger partial charge in [0, 0.05) is 12.6 Å². The highest BCUT2D eigenvalue weighted by molar-refractivity contribution is 5.81. The fourth-order valence-electron chi connectivity index (χ4n) is 2.81. The van der Waals surface area contributed by atoms with Crippen molar-refractivity contribution in [3.8, 4) is 0 Å². The Bertz CT molecular complexity index is 544. The lowest BCUT2D eigenvalue weighted by molar-refractivity contribution is -0.384. The Balaban J connectivity index is 2.48. The highest BCUT2D eigenvalue weighted by Gasteiger charge is 2.35. The van der Waals surface area contributed by atoms with Gasteiger partial charge in [0.1, 0.15) is 11.7 Å². The van der Waals surface area contributed by atoms with E-state index in [9.17, 15) is 20.0 Å². The molecular formula is C14H18N2O4. The highest BCUT2D eigenvalue weighted by Crippen LogP contribution is 2.36. The van der Waals surface area contributed by atoms with E-state index in [0.717, 1.165) is 12.0 Å². The molecule has 1 aliphatic heterocycles. The van der Waals surface area contributed by atoms with Crippen molar-refractivity contribution in [3.63, 3.8) is 0 Å². The Morgan fingerprint density at radius 1 is 1.50 bits per heavy atom. The van der Waals surface area contributed by atoms with Crippen molar-refractivity contribution in [2.45, 2.75) is 32.7 Å². The number of nitrogens with zero attached hydrogens (tertiary/aromatic N) is 2. The number of hydrogen-bond acceptors (Lipinski definition) is 4. The van der Waals surface area contributed by atoms with Crippen LogP contribution in [0.5, 0.6) is 0 Å². The van der Waals surface area contributed by atoms with Gasteiger partial charge >= 0.3 is 5.97 Å². The lowest BCUT2D eigenvalue weighted by Gasteiger charge is -2.38. The molecule has 1 heterocycles. The van der Waals surface area contributed by atoms with E-state index in [-0.39, 0.29) is 5.69 Å². The van der Waals surface area contributed by atoms with Gasteiger partial charge < -0.3 is 10.0 Å². The van der Waals surface area contributed by atoms with Crippen LogP contribution in [0, 0.1) is 23.0 Å². The second kappa shape index (κ2) is 5.48. The van der Waals surface area contributed by atoms with Crippen molar-refractivity contribution in [2.24, 2.45) is 5.92 Å². The van der Waals surface area contributed by atoms with Gasteiger partial charge in [0.15, 0.2) is 0 Å². The van der Waals surface area contributed by atoms with Crippen molar-refractivity contribution in [3.05, 3.63) is 33.9 Å². The van der Waals surface area contributed by atoms with Crippen molar-refractivity contribution in [1.82, 2.24) is 0 Å². The molecule has 1 aromatic carbocycles. The normalized spacial score (nSPS) is 22.6. The molecule has 0 amide bonds. The molecule has 0 saturated carbocycles. The molecule has 0 aliphatic carbocycles. The van der Waals surface area contributed by atoms with E-state index < -0.39 is 16.9 Å². The first-order chi connectivity index (χ1) is 9.41. The maximum Gasteiger partial charge on any atom is 0.326 e. The monoisotopic (exact) mass is 278 g/mol. The predicted molar refractivity (Wildman–Crippen MR) is 75.0 cm³/mol. The van der Waals surface area contributed by atoms with Crippen LogP contribution < -0.4 is 4.90 Å². The van der Waals surface area contributed by atoms with E-state index in [0.29, 0.717) is 24.6 Å². The van der Waals surface area contributed by atoms with Gasteiger partial charge in [-0.1, -0.05) is 19.1 Å². The number of aliphatic carboxylic acids is 1. The van der Waals surface area contributed by atoms with E-state index in [1.54, 1.807) is 24.0 Å². The number of benzene rings is 1. The SMILES string of the molecule is Cc1cccc([N+](=O)[O-])c1N1CCC(C)CC1C(=O)O. The summed E-state index contributed by atoms with van der Waals surface area (Å²) in [7, 11) is 0. The van der Waals surface area contributed by atoms with Gasteiger partial charge in [-0.3, -0.25) is 10.1 Å². The second-order valence-electron chi connectivity index (χ2n) is 5.38. The summed E-state index contributed by atoms with van der Waals surface area (Å²) in [6.07, 6.45) is 1.36. The van der Waals surface area contributed by atoms with Gasteiger partial charge in [-0.25, -0.2) is 4.79 Å². The number of nitro benzene ring substituents is 1. The van der Waals surface area contributed by atoms with Crippen molar-refractivity contribution >= 4 is 17.3 Å². The summed E-state index contributed by atoms with van der Waals surface area (Å²) < 4.78 is 0. The van der Waals surface area contributed by atoms with Crippen LogP contribution in [0.15, 0.2) is 18.2 Å². The molecule has 6 heteroatoms. The highest BCUT2D eigenvalue weighted by atomic mass is 16.6. The van der Waals surface area contributed by atoms with E-state index in [1.807, 2.05) is 6.92 Å². The maximum atomic E-state index is 11.5. The standard InChI is InChI=1S/C14H18N2O4/c1-9-6-7-15(12(8-9)14(17)18)13-10(2)4-3-5-11(13)16(19)20/h3-5,9,12H,6-8H2,1-2H3,(H,17,18). The second-order valence-corrected chi connectivity index (χ2v) is 5.38. The summed E-state index contributed by atoms with van der Waals surface area (Å²) in [6, 6.07) is 4.14. The van der Waals surface area contributed by atoms with Gasteiger partial charge in [0.05, 0.1) is 4.92 Å². The van der Waals surface area contributed by atoms with E-state index >= 15 is 0 Å². The average Bonchev–Trinajstić information content (AvgIpc) is 2.38. The fourth-order valence-corrected chi connectivity index (χ4v) is 2.81. The van der Waals surface area contributed by atoms with Gasteiger partial charge in [0.25, 0.3) is 5.69 Å². The number of carboxylic acids is 1. The summed E-state index contributed by atoms with van der Waals surface area (Å²) in [5, 5.41) is 20.6. The molecule has 1 N–H and O–H groups in total. The smallest absolute Gasteiger partial charge is 0.326 e. The Hall–Kier alpha value is -2.11. The molecule has 6 nitrogen and oxygen atoms in total. The molecule has 2 rings (SSSR count). The largest absolute Gasteiger partial charge is 0.480 e. The maximum absolute atomic E-state index is 11.5. The lowest BCUT2D eigenvalue weighted by atomic mass is 9.91. The van der Waals surface area contributed by atoms with Crippen LogP contribution in [-0.4, -0.2) is 28.6 Å². The molecule has 0 aromatic heterocycles. The molecule has 1 aromatic rings. The van der Waals surface area contributed by atoms with Crippen molar-refractivity contribution < 1.29 is 14.8 Å². The van der Waals surface area contributed by atoms with Crippen LogP contribution in [-0.2, 0) is 4.79 Å². The fraction of sp³-hybridized carbons (Fsp3) is 0.500. The first-order valence-corrected chi connectivity index (χ1v) is 6.65. The third-order valence-electron chi connectivity index (χ3n) is 3.85. The Labute approximate surface area is 117 Å². The summed E-state index contributed by atoms with van der Waals surface area (Å²) in [5.41, 5.74) is 1.16. The Morgan fingerprint density at radius 3 is 2.80 bits per heavy atom. The molecule has 1 saturated heterocycles. The first-order valence-electron chi connectivity index (χ1n) is 6.65. The third-order valence-corrected chi connectivity index (χ3v) is 3.85. The Kier molecular flexibility index (Phi) is 3.92. The molecule has 1 fully saturated rings. The summed E-state index contributed by atoms with van der Waals surface area (Å²) >= 11 is 0. The number of aryl methyl sites for hydroxylation is 1. The summed E-state index contributed by atoms with van der Waals surface area (Å²) in [4.78, 5) is 23.9. The number of carboxylic acid groups (broad SMARTS) is 1. The zero-order valence-electron chi connectivity index (χ0n) is 11.6. The van der Waals surface area contributed by atoms with Crippen LogP contribution in [0.25, 0.3) is 0 Å². The first kappa shape index (κ1) is 14.3. The van der Waals surface area contributed by atoms with Crippen LogP contribution in [0.4, 0.5) is 11.4 Å². The molecule has 1 aliphatic rings. The quantitative estimate of drug-likeness (QED) is 0.678. The molecule has 108 valence electrons. The summed E-state index contributed by atoms with van der Waals surface area (Å²) in [5.74, 6) is -0.607. The number of nitro groups is 1. The molecule has 20 heavy (non-hydrogen) atoms. The minimum atomic E-state index is -0.922. The molecule has 0 bridgehead atoms. The minimum Gasteiger partial charge on any atom is -0.480 e. The number of para-hydroxylation sites is 1. The molecular weight excluding hydrogens is 260 g/mol. The molecule has 2 unspecified atom stereocenters. The van der Waals surface area contributed by atoms with Crippen LogP contribution >= 0.6 is 0 Å². The topological polar surface area (TPSA) is 83.7 Å². The van der Waals surface area contributed by atoms with Gasteiger partial charge in [0.2, 0.25) is 0 Å². The van der Waals surface area contributed by atoms with Gasteiger partial charge in [-0.15, -0.1) is 0 Å². The van der Waals surface area contributed by atoms with E-state index in [2.05, 4.69) is 0 Å². The van der Waals surface area contributed by atoms with E-state index in [1.165, 1.54) is 6.07 Å². The van der Waals surface area contributed by atoms with Crippen LogP contribution in [0.2, 0.25) is 0 Å². The molecule has 0 spiro atoms. The Morgan fingerprint density at radius 2 is 2.20 bits per heavy atom. The van der Waals surface area contributed by atoms with Crippen LogP contribution in [0.1, 0.15) is 25.3 Å². The van der Waals surface area contributed by atoms with Crippen molar-refractivity contribution in [2.75, 3.05) is 11.4 Å². The molecule has 0 radical (unpaired) electrons. The number of hydrogen-bond donors (Lipinski definition) is 1. The number of rotatable bonds is 3. The average molecular weight is 278 g/mol. The zero-order valence-corrected chi connectivity index (χ0v) is 11.6. The minimum absolute atomic E-state index is 0.0224. The van der Waals surface area contributed by atoms with Crippen LogP contribution in [0.3, 0.4) is 0 Å². The van der Waals surface area contributed by atoms with Gasteiger partial charge in [-0.05, 0) is 31.2 Å². The number of piperidine rings is 1. The summed E-state index contributed by atoms with van der Waals surface area (Å²) in [6.45, 7) is 4.32. The zero-order chi connectivity index (χ0) is 14.9. The lowest BCUT2D eigenvalue weighted by Crippen LogP contribution is -2.47. The number of carbonyl (C=O) groups is 1. The number of anilines is 1. The van der Waals surface area contributed by atoms with E-state index in [4.69, 9.17) is 0 Å². The third kappa shape index (κ3) is 2.59. The predicted octanol–water partition coefficient (Wildman–Crippen LogP) is 2.59.